The van der Waals surface area contributed by atoms with E-state index in [0.717, 1.165) is 17.2 Å². The summed E-state index contributed by atoms with van der Waals surface area (Å²) in [4.78, 5) is 34.9. The zero-order valence-corrected chi connectivity index (χ0v) is 16.3. The summed E-state index contributed by atoms with van der Waals surface area (Å²) >= 11 is 0. The largest absolute Gasteiger partial charge is 0.452 e. The number of nitrogens with one attached hydrogen (secondary N) is 1. The Morgan fingerprint density at radius 3 is 2.43 bits per heavy atom. The fourth-order valence-electron chi connectivity index (χ4n) is 2.95. The number of amides is 1. The van der Waals surface area contributed by atoms with Crippen LogP contribution < -0.4 is 5.32 Å². The molecule has 0 aromatic heterocycles. The van der Waals surface area contributed by atoms with E-state index in [4.69, 9.17) is 4.74 Å². The van der Waals surface area contributed by atoms with Gasteiger partial charge >= 0.3 is 5.97 Å². The van der Waals surface area contributed by atoms with E-state index in [1.54, 1.807) is 13.0 Å². The normalized spacial score (nSPS) is 10.3. The summed E-state index contributed by atoms with van der Waals surface area (Å²) in [5, 5.41) is 13.8. The van der Waals surface area contributed by atoms with E-state index in [9.17, 15) is 19.7 Å². The van der Waals surface area contributed by atoms with Crippen LogP contribution in [0.3, 0.4) is 0 Å². The van der Waals surface area contributed by atoms with Crippen LogP contribution in [0.5, 0.6) is 0 Å². The third kappa shape index (κ3) is 5.29. The summed E-state index contributed by atoms with van der Waals surface area (Å²) in [5.41, 5.74) is 2.94. The maximum Gasteiger partial charge on any atom is 0.338 e. The molecule has 0 radical (unpaired) electrons. The van der Waals surface area contributed by atoms with Crippen molar-refractivity contribution in [2.24, 2.45) is 0 Å². The van der Waals surface area contributed by atoms with Crippen molar-refractivity contribution >= 4 is 23.3 Å². The minimum absolute atomic E-state index is 0.0181. The number of nitro benzene ring substituents is 1. The summed E-state index contributed by atoms with van der Waals surface area (Å²) < 4.78 is 5.02. The zero-order chi connectivity index (χ0) is 21.5. The molecule has 0 aliphatic heterocycles. The molecule has 30 heavy (non-hydrogen) atoms. The number of ether oxygens (including phenoxy) is 1. The van der Waals surface area contributed by atoms with E-state index >= 15 is 0 Å². The number of hydrogen-bond donors (Lipinski definition) is 1. The number of nitro groups is 1. The number of hydrogen-bond acceptors (Lipinski definition) is 5. The van der Waals surface area contributed by atoms with Crippen LogP contribution in [0.2, 0.25) is 0 Å². The monoisotopic (exact) mass is 404 g/mol. The standard InChI is InChI=1S/C23H20N2O5/c1-16-11-12-19(14-21(16)25(28)29)23(27)30-15-22(26)24-20-10-6-5-9-18(20)13-17-7-3-2-4-8-17/h2-12,14H,13,15H2,1H3,(H,24,26). The lowest BCUT2D eigenvalue weighted by Gasteiger charge is -2.11. The summed E-state index contributed by atoms with van der Waals surface area (Å²) in [6, 6.07) is 21.3. The second-order valence-corrected chi connectivity index (χ2v) is 6.70. The Kier molecular flexibility index (Phi) is 6.54. The van der Waals surface area contributed by atoms with Gasteiger partial charge in [-0.3, -0.25) is 14.9 Å². The Morgan fingerprint density at radius 1 is 1.00 bits per heavy atom. The zero-order valence-electron chi connectivity index (χ0n) is 16.3. The van der Waals surface area contributed by atoms with Crippen molar-refractivity contribution in [3.05, 3.63) is 105 Å². The van der Waals surface area contributed by atoms with Crippen LogP contribution in [0.25, 0.3) is 0 Å². The number of anilines is 1. The average Bonchev–Trinajstić information content (AvgIpc) is 2.74. The predicted molar refractivity (Wildman–Crippen MR) is 112 cm³/mol. The highest BCUT2D eigenvalue weighted by atomic mass is 16.6. The minimum atomic E-state index is -0.800. The van der Waals surface area contributed by atoms with E-state index in [1.807, 2.05) is 48.5 Å². The van der Waals surface area contributed by atoms with Gasteiger partial charge in [0.2, 0.25) is 0 Å². The van der Waals surface area contributed by atoms with E-state index in [1.165, 1.54) is 12.1 Å². The van der Waals surface area contributed by atoms with Gasteiger partial charge in [-0.1, -0.05) is 54.6 Å². The molecule has 0 saturated carbocycles. The quantitative estimate of drug-likeness (QED) is 0.360. The highest BCUT2D eigenvalue weighted by Crippen LogP contribution is 2.21. The lowest BCUT2D eigenvalue weighted by Crippen LogP contribution is -2.21. The molecule has 0 atom stereocenters. The molecular weight excluding hydrogens is 384 g/mol. The summed E-state index contributed by atoms with van der Waals surface area (Å²) in [7, 11) is 0. The Morgan fingerprint density at radius 2 is 1.70 bits per heavy atom. The molecule has 0 saturated heterocycles. The van der Waals surface area contributed by atoms with Gasteiger partial charge in [0.25, 0.3) is 11.6 Å². The number of carbonyl (C=O) groups is 2. The number of carbonyl (C=O) groups excluding carboxylic acids is 2. The second-order valence-electron chi connectivity index (χ2n) is 6.70. The summed E-state index contributed by atoms with van der Waals surface area (Å²) in [6.07, 6.45) is 0.643. The third-order valence-corrected chi connectivity index (χ3v) is 4.50. The van der Waals surface area contributed by atoms with Gasteiger partial charge in [0.05, 0.1) is 10.5 Å². The van der Waals surface area contributed by atoms with E-state index in [2.05, 4.69) is 5.32 Å². The van der Waals surface area contributed by atoms with Crippen LogP contribution in [0.1, 0.15) is 27.0 Å². The number of aryl methyl sites for hydroxylation is 1. The Hall–Kier alpha value is -4.00. The summed E-state index contributed by atoms with van der Waals surface area (Å²) in [6.45, 7) is 1.08. The van der Waals surface area contributed by atoms with Crippen molar-refractivity contribution in [3.63, 3.8) is 0 Å². The lowest BCUT2D eigenvalue weighted by atomic mass is 10.0. The molecule has 3 aromatic carbocycles. The first kappa shape index (κ1) is 20.7. The number of benzene rings is 3. The number of nitrogens with zero attached hydrogens (tertiary/aromatic N) is 1. The molecule has 7 heteroatoms. The minimum Gasteiger partial charge on any atom is -0.452 e. The Labute approximate surface area is 173 Å². The lowest BCUT2D eigenvalue weighted by molar-refractivity contribution is -0.385. The van der Waals surface area contributed by atoms with Gasteiger partial charge < -0.3 is 10.1 Å². The van der Waals surface area contributed by atoms with Crippen molar-refractivity contribution in [2.75, 3.05) is 11.9 Å². The molecule has 0 aliphatic carbocycles. The first-order chi connectivity index (χ1) is 14.4. The molecule has 0 heterocycles. The van der Waals surface area contributed by atoms with Crippen LogP contribution in [-0.2, 0) is 16.0 Å². The van der Waals surface area contributed by atoms with Crippen molar-refractivity contribution in [3.8, 4) is 0 Å². The first-order valence-corrected chi connectivity index (χ1v) is 9.28. The molecule has 0 bridgehead atoms. The van der Waals surface area contributed by atoms with Crippen LogP contribution in [0, 0.1) is 17.0 Å². The molecule has 3 rings (SSSR count). The van der Waals surface area contributed by atoms with Gasteiger partial charge in [-0.2, -0.15) is 0 Å². The van der Waals surface area contributed by atoms with Crippen LogP contribution in [0.15, 0.2) is 72.8 Å². The van der Waals surface area contributed by atoms with Gasteiger partial charge in [-0.05, 0) is 36.6 Å². The number of rotatable bonds is 7. The molecule has 0 aliphatic rings. The average molecular weight is 404 g/mol. The predicted octanol–water partition coefficient (Wildman–Crippen LogP) is 4.29. The van der Waals surface area contributed by atoms with Crippen molar-refractivity contribution in [1.29, 1.82) is 0 Å². The maximum atomic E-state index is 12.3. The van der Waals surface area contributed by atoms with E-state index in [0.29, 0.717) is 17.7 Å². The highest BCUT2D eigenvalue weighted by molar-refractivity contribution is 5.96. The molecule has 1 amide bonds. The van der Waals surface area contributed by atoms with Gasteiger partial charge in [-0.25, -0.2) is 4.79 Å². The Balaban J connectivity index is 1.62. The van der Waals surface area contributed by atoms with Crippen LogP contribution in [0.4, 0.5) is 11.4 Å². The van der Waals surface area contributed by atoms with Gasteiger partial charge in [-0.15, -0.1) is 0 Å². The molecule has 7 nitrogen and oxygen atoms in total. The molecule has 0 spiro atoms. The van der Waals surface area contributed by atoms with Crippen molar-refractivity contribution in [1.82, 2.24) is 0 Å². The van der Waals surface area contributed by atoms with Gasteiger partial charge in [0.15, 0.2) is 6.61 Å². The number of para-hydroxylation sites is 1. The fourth-order valence-corrected chi connectivity index (χ4v) is 2.95. The van der Waals surface area contributed by atoms with Crippen molar-refractivity contribution in [2.45, 2.75) is 13.3 Å². The molecule has 1 N–H and O–H groups in total. The molecule has 0 fully saturated rings. The third-order valence-electron chi connectivity index (χ3n) is 4.50. The second kappa shape index (κ2) is 9.47. The SMILES string of the molecule is Cc1ccc(C(=O)OCC(=O)Nc2ccccc2Cc2ccccc2)cc1[N+](=O)[O-]. The number of esters is 1. The maximum absolute atomic E-state index is 12.3. The molecule has 3 aromatic rings. The van der Waals surface area contributed by atoms with Crippen LogP contribution in [-0.4, -0.2) is 23.4 Å². The topological polar surface area (TPSA) is 98.5 Å². The molecule has 0 unspecified atom stereocenters. The Bertz CT molecular complexity index is 1080. The van der Waals surface area contributed by atoms with Crippen molar-refractivity contribution < 1.29 is 19.2 Å². The van der Waals surface area contributed by atoms with Crippen LogP contribution >= 0.6 is 0 Å². The van der Waals surface area contributed by atoms with Gasteiger partial charge in [0, 0.05) is 17.3 Å². The summed E-state index contributed by atoms with van der Waals surface area (Å²) in [5.74, 6) is -1.30. The highest BCUT2D eigenvalue weighted by Gasteiger charge is 2.17. The smallest absolute Gasteiger partial charge is 0.338 e. The first-order valence-electron chi connectivity index (χ1n) is 9.28. The molecule has 152 valence electrons. The fraction of sp³-hybridized carbons (Fsp3) is 0.130. The van der Waals surface area contributed by atoms with E-state index < -0.39 is 23.4 Å². The molecular formula is C23H20N2O5. The van der Waals surface area contributed by atoms with Gasteiger partial charge in [0.1, 0.15) is 0 Å². The van der Waals surface area contributed by atoms with E-state index in [-0.39, 0.29) is 11.3 Å².